The zero-order valence-corrected chi connectivity index (χ0v) is 17.0. The Balaban J connectivity index is 1.80. The minimum Gasteiger partial charge on any atom is -0.382 e. The number of benzene rings is 2. The van der Waals surface area contributed by atoms with Gasteiger partial charge in [0.1, 0.15) is 5.75 Å². The molecule has 0 heterocycles. The maximum absolute atomic E-state index is 13.0. The van der Waals surface area contributed by atoms with Crippen molar-refractivity contribution in [1.82, 2.24) is 4.31 Å². The van der Waals surface area contributed by atoms with Crippen molar-refractivity contribution < 1.29 is 21.0 Å². The molecule has 0 N–H and O–H groups in total. The Morgan fingerprint density at radius 1 is 0.963 bits per heavy atom. The minimum atomic E-state index is -3.59. The lowest BCUT2D eigenvalue weighted by Gasteiger charge is -2.22. The van der Waals surface area contributed by atoms with Crippen molar-refractivity contribution in [3.05, 3.63) is 59.7 Å². The van der Waals surface area contributed by atoms with Crippen LogP contribution in [0.15, 0.2) is 53.4 Å². The summed E-state index contributed by atoms with van der Waals surface area (Å²) in [6, 6.07) is 13.3. The number of hydrogen-bond donors (Lipinski definition) is 0. The van der Waals surface area contributed by atoms with Gasteiger partial charge in [-0.1, -0.05) is 29.8 Å². The van der Waals surface area contributed by atoms with Gasteiger partial charge in [0.15, 0.2) is 0 Å². The molecule has 1 saturated carbocycles. The average molecular weight is 410 g/mol. The van der Waals surface area contributed by atoms with Gasteiger partial charge in [0.05, 0.1) is 10.6 Å². The van der Waals surface area contributed by atoms with Crippen molar-refractivity contribution in [2.75, 3.05) is 5.75 Å². The average Bonchev–Trinajstić information content (AvgIpc) is 3.46. The van der Waals surface area contributed by atoms with Crippen LogP contribution in [0.25, 0.3) is 0 Å². The van der Waals surface area contributed by atoms with E-state index in [0.717, 1.165) is 24.0 Å². The van der Waals surface area contributed by atoms with Gasteiger partial charge in [-0.2, -0.15) is 12.7 Å². The quantitative estimate of drug-likeness (QED) is 0.626. The highest BCUT2D eigenvalue weighted by atomic mass is 32.2. The van der Waals surface area contributed by atoms with E-state index in [0.29, 0.717) is 0 Å². The molecule has 0 unspecified atom stereocenters. The van der Waals surface area contributed by atoms with E-state index in [1.807, 2.05) is 6.92 Å². The summed E-state index contributed by atoms with van der Waals surface area (Å²) >= 11 is 0. The fraction of sp³-hybridized carbons (Fsp3) is 0.368. The number of hydrogen-bond acceptors (Lipinski definition) is 5. The highest BCUT2D eigenvalue weighted by Gasteiger charge is 2.38. The van der Waals surface area contributed by atoms with Crippen molar-refractivity contribution >= 4 is 20.1 Å². The molecular formula is C19H23NO5S2. The van der Waals surface area contributed by atoms with Gasteiger partial charge in [-0.05, 0) is 56.5 Å². The van der Waals surface area contributed by atoms with Crippen molar-refractivity contribution in [2.24, 2.45) is 0 Å². The molecule has 0 spiro atoms. The predicted molar refractivity (Wildman–Crippen MR) is 103 cm³/mol. The van der Waals surface area contributed by atoms with Crippen molar-refractivity contribution in [3.8, 4) is 5.75 Å². The molecule has 0 aliphatic heterocycles. The lowest BCUT2D eigenvalue weighted by molar-refractivity contribution is 0.398. The summed E-state index contributed by atoms with van der Waals surface area (Å²) in [6.07, 6.45) is 1.70. The van der Waals surface area contributed by atoms with Crippen LogP contribution in [0, 0.1) is 6.92 Å². The maximum Gasteiger partial charge on any atom is 0.308 e. The first-order valence-corrected chi connectivity index (χ1v) is 11.8. The molecule has 3 rings (SSSR count). The molecule has 6 nitrogen and oxygen atoms in total. The Morgan fingerprint density at radius 2 is 1.56 bits per heavy atom. The summed E-state index contributed by atoms with van der Waals surface area (Å²) in [5.74, 6) is 0.110. The second-order valence-electron chi connectivity index (χ2n) is 6.67. The summed E-state index contributed by atoms with van der Waals surface area (Å²) < 4.78 is 55.6. The number of aryl methyl sites for hydroxylation is 1. The van der Waals surface area contributed by atoms with Crippen LogP contribution in [0.4, 0.5) is 0 Å². The fourth-order valence-electron chi connectivity index (χ4n) is 2.65. The first-order chi connectivity index (χ1) is 12.7. The molecule has 2 aromatic carbocycles. The van der Waals surface area contributed by atoms with Gasteiger partial charge in [-0.3, -0.25) is 0 Å². The molecule has 1 fully saturated rings. The van der Waals surface area contributed by atoms with Crippen molar-refractivity contribution in [2.45, 2.75) is 44.2 Å². The summed E-state index contributed by atoms with van der Waals surface area (Å²) in [5, 5.41) is 0. The monoisotopic (exact) mass is 409 g/mol. The van der Waals surface area contributed by atoms with Crippen LogP contribution in [0.5, 0.6) is 5.75 Å². The summed E-state index contributed by atoms with van der Waals surface area (Å²) in [4.78, 5) is 0.286. The predicted octanol–water partition coefficient (Wildman–Crippen LogP) is 3.08. The Hall–Kier alpha value is -1.90. The molecule has 1 aliphatic carbocycles. The Labute approximate surface area is 161 Å². The SMILES string of the molecule is CCS(=O)(=O)Oc1ccc(CN(C2CC2)S(=O)(=O)c2ccc(C)cc2)cc1. The van der Waals surface area contributed by atoms with Crippen molar-refractivity contribution in [1.29, 1.82) is 0 Å². The Bertz CT molecular complexity index is 993. The normalized spacial score (nSPS) is 15.1. The molecule has 0 saturated heterocycles. The maximum atomic E-state index is 13.0. The first kappa shape index (κ1) is 19.9. The van der Waals surface area contributed by atoms with Crippen LogP contribution in [0.2, 0.25) is 0 Å². The minimum absolute atomic E-state index is 0.00713. The zero-order chi connectivity index (χ0) is 19.7. The van der Waals surface area contributed by atoms with Crippen LogP contribution >= 0.6 is 0 Å². The molecule has 0 amide bonds. The van der Waals surface area contributed by atoms with E-state index in [-0.39, 0.29) is 29.0 Å². The van der Waals surface area contributed by atoms with Gasteiger partial charge in [0.2, 0.25) is 10.0 Å². The summed E-state index contributed by atoms with van der Waals surface area (Å²) in [6.45, 7) is 3.66. The van der Waals surface area contributed by atoms with Crippen LogP contribution in [-0.4, -0.2) is 32.9 Å². The summed E-state index contributed by atoms with van der Waals surface area (Å²) in [5.41, 5.74) is 1.78. The van der Waals surface area contributed by atoms with Gasteiger partial charge in [-0.15, -0.1) is 0 Å². The van der Waals surface area contributed by atoms with E-state index in [4.69, 9.17) is 4.18 Å². The second-order valence-corrected chi connectivity index (χ2v) is 10.4. The van der Waals surface area contributed by atoms with E-state index in [9.17, 15) is 16.8 Å². The fourth-order valence-corrected chi connectivity index (χ4v) is 4.85. The Morgan fingerprint density at radius 3 is 2.07 bits per heavy atom. The largest absolute Gasteiger partial charge is 0.382 e. The zero-order valence-electron chi connectivity index (χ0n) is 15.3. The molecule has 0 radical (unpaired) electrons. The van der Waals surface area contributed by atoms with E-state index in [1.165, 1.54) is 11.2 Å². The van der Waals surface area contributed by atoms with Crippen LogP contribution < -0.4 is 4.18 Å². The molecule has 27 heavy (non-hydrogen) atoms. The lowest BCUT2D eigenvalue weighted by atomic mass is 10.2. The molecule has 0 aromatic heterocycles. The summed E-state index contributed by atoms with van der Waals surface area (Å²) in [7, 11) is -7.17. The van der Waals surface area contributed by atoms with Crippen molar-refractivity contribution in [3.63, 3.8) is 0 Å². The van der Waals surface area contributed by atoms with Gasteiger partial charge >= 0.3 is 10.1 Å². The third-order valence-electron chi connectivity index (χ3n) is 4.42. The van der Waals surface area contributed by atoms with Crippen LogP contribution in [0.1, 0.15) is 30.9 Å². The van der Waals surface area contributed by atoms with Gasteiger partial charge in [0.25, 0.3) is 0 Å². The number of nitrogens with zero attached hydrogens (tertiary/aromatic N) is 1. The van der Waals surface area contributed by atoms with Crippen LogP contribution in [0.3, 0.4) is 0 Å². The van der Waals surface area contributed by atoms with E-state index >= 15 is 0 Å². The van der Waals surface area contributed by atoms with E-state index < -0.39 is 20.1 Å². The topological polar surface area (TPSA) is 80.8 Å². The smallest absolute Gasteiger partial charge is 0.308 e. The first-order valence-electron chi connectivity index (χ1n) is 8.81. The van der Waals surface area contributed by atoms with E-state index in [1.54, 1.807) is 48.5 Å². The number of sulfonamides is 1. The van der Waals surface area contributed by atoms with Gasteiger partial charge in [-0.25, -0.2) is 8.42 Å². The molecule has 1 aliphatic rings. The molecule has 0 atom stereocenters. The molecule has 0 bridgehead atoms. The second kappa shape index (κ2) is 7.61. The number of rotatable bonds is 8. The van der Waals surface area contributed by atoms with Gasteiger partial charge in [0, 0.05) is 12.6 Å². The van der Waals surface area contributed by atoms with Crippen LogP contribution in [-0.2, 0) is 26.7 Å². The standard InChI is InChI=1S/C19H23NO5S2/c1-3-26(21,22)25-18-10-6-16(7-11-18)14-20(17-8-9-17)27(23,24)19-12-4-15(2)5-13-19/h4-7,10-13,17H,3,8-9,14H2,1-2H3. The highest BCUT2D eigenvalue weighted by Crippen LogP contribution is 2.33. The van der Waals surface area contributed by atoms with E-state index in [2.05, 4.69) is 0 Å². The van der Waals surface area contributed by atoms with Gasteiger partial charge < -0.3 is 4.18 Å². The third-order valence-corrected chi connectivity index (χ3v) is 7.49. The highest BCUT2D eigenvalue weighted by molar-refractivity contribution is 7.89. The molecule has 8 heteroatoms. The molecule has 2 aromatic rings. The third kappa shape index (κ3) is 4.88. The Kier molecular flexibility index (Phi) is 5.60. The molecule has 146 valence electrons. The molecular weight excluding hydrogens is 386 g/mol. The lowest BCUT2D eigenvalue weighted by Crippen LogP contribution is -2.32.